The molecule has 2 aromatic rings. The summed E-state index contributed by atoms with van der Waals surface area (Å²) in [4.78, 5) is 56.4. The van der Waals surface area contributed by atoms with Crippen molar-refractivity contribution in [1.29, 1.82) is 0 Å². The third-order valence-corrected chi connectivity index (χ3v) is 17.4. The number of anilines is 1. The van der Waals surface area contributed by atoms with E-state index in [-0.39, 0.29) is 86.3 Å². The molecule has 4 aliphatic rings. The summed E-state index contributed by atoms with van der Waals surface area (Å²) in [6, 6.07) is 2.43. The SMILES string of the molecule is CC[C@H]1OC(=O)[C@H](C)[C@@H](OC2C[C@@](C)(OC)[C@@H](OCCCC(=O)NCCNc3cc4c(=O)c(C(=O)O)cn(C5CC5)c4cc3Cl)[C@H](C)O2)[C@H](C)[C@@H](O[C@@H]2O[C@H](C)C[C@H](N(C)C)[C@H]2O)[C@](C)(O)C[C@@H](C)CN(C)[C@H](C)[C@@H](O)[C@]1(C)O. The predicted molar refractivity (Wildman–Crippen MR) is 297 cm³/mol. The number of cyclic esters (lactones) is 1. The smallest absolute Gasteiger partial charge is 0.341 e. The molecule has 4 fully saturated rings. The molecule has 21 nitrogen and oxygen atoms in total. The number of aliphatic hydroxyl groups is 4. The number of carbonyl (C=O) groups excluding carboxylic acids is 2. The molecule has 0 spiro atoms. The minimum Gasteiger partial charge on any atom is -0.477 e. The summed E-state index contributed by atoms with van der Waals surface area (Å²) >= 11 is 6.62. The summed E-state index contributed by atoms with van der Waals surface area (Å²) in [5.41, 5.74) is -4.38. The van der Waals surface area contributed by atoms with Gasteiger partial charge in [0.15, 0.2) is 12.6 Å². The normalized spacial score (nSPS) is 37.5. The molecule has 22 heteroatoms. The number of carboxylic acid groups (broad SMARTS) is 1. The van der Waals surface area contributed by atoms with E-state index in [1.807, 2.05) is 65.6 Å². The number of carboxylic acids is 1. The number of hydrogen-bond donors (Lipinski definition) is 7. The molecule has 0 bridgehead atoms. The first-order valence-electron chi connectivity index (χ1n) is 28.2. The molecule has 0 radical (unpaired) electrons. The number of amides is 1. The minimum atomic E-state index is -1.86. The van der Waals surface area contributed by atoms with E-state index >= 15 is 0 Å². The first kappa shape index (κ1) is 64.6. The molecule has 4 heterocycles. The van der Waals surface area contributed by atoms with E-state index in [4.69, 9.17) is 44.8 Å². The summed E-state index contributed by atoms with van der Waals surface area (Å²) in [6.07, 6.45) is -4.76. The van der Waals surface area contributed by atoms with Crippen molar-refractivity contribution in [3.63, 3.8) is 0 Å². The maximum atomic E-state index is 14.6. The van der Waals surface area contributed by atoms with Gasteiger partial charge in [-0.05, 0) is 126 Å². The van der Waals surface area contributed by atoms with Gasteiger partial charge in [-0.15, -0.1) is 0 Å². The van der Waals surface area contributed by atoms with Gasteiger partial charge in [0.2, 0.25) is 11.3 Å². The molecular weight excluding hydrogens is 1050 g/mol. The Morgan fingerprint density at radius 2 is 1.65 bits per heavy atom. The van der Waals surface area contributed by atoms with Gasteiger partial charge in [0, 0.05) is 81.8 Å². The molecule has 3 aliphatic heterocycles. The summed E-state index contributed by atoms with van der Waals surface area (Å²) in [5.74, 6) is -4.32. The molecule has 1 aromatic carbocycles. The van der Waals surface area contributed by atoms with Crippen LogP contribution >= 0.6 is 11.6 Å². The van der Waals surface area contributed by atoms with E-state index in [0.29, 0.717) is 35.6 Å². The molecule has 448 valence electrons. The Morgan fingerprint density at radius 1 is 0.962 bits per heavy atom. The average Bonchev–Trinajstić information content (AvgIpc) is 4.31. The van der Waals surface area contributed by atoms with Crippen molar-refractivity contribution in [3.8, 4) is 0 Å². The number of nitrogens with one attached hydrogen (secondary N) is 2. The Balaban J connectivity index is 1.15. The van der Waals surface area contributed by atoms with Crippen molar-refractivity contribution >= 4 is 46.0 Å². The number of benzene rings is 1. The van der Waals surface area contributed by atoms with Gasteiger partial charge in [-0.2, -0.15) is 0 Å². The lowest BCUT2D eigenvalue weighted by Crippen LogP contribution is -2.61. The topological polar surface area (TPSA) is 270 Å². The number of methoxy groups -OCH3 is 1. The molecule has 18 atom stereocenters. The van der Waals surface area contributed by atoms with Crippen LogP contribution in [0.15, 0.2) is 23.1 Å². The molecule has 1 unspecified atom stereocenters. The number of halogens is 1. The Bertz CT molecular complexity index is 2460. The van der Waals surface area contributed by atoms with Crippen molar-refractivity contribution in [1.82, 2.24) is 19.7 Å². The van der Waals surface area contributed by atoms with Gasteiger partial charge in [-0.25, -0.2) is 4.79 Å². The van der Waals surface area contributed by atoms with Gasteiger partial charge in [0.25, 0.3) is 0 Å². The number of rotatable bonds is 18. The monoisotopic (exact) mass is 1140 g/mol. The van der Waals surface area contributed by atoms with Crippen molar-refractivity contribution in [2.24, 2.45) is 17.8 Å². The number of hydrogen-bond acceptors (Lipinski definition) is 18. The van der Waals surface area contributed by atoms with Gasteiger partial charge >= 0.3 is 11.9 Å². The first-order chi connectivity index (χ1) is 37.0. The second-order valence-electron chi connectivity index (χ2n) is 24.1. The van der Waals surface area contributed by atoms with Gasteiger partial charge in [-0.1, -0.05) is 32.4 Å². The van der Waals surface area contributed by atoms with Crippen LogP contribution in [-0.2, 0) is 42.7 Å². The lowest BCUT2D eigenvalue weighted by molar-refractivity contribution is -0.320. The lowest BCUT2D eigenvalue weighted by Gasteiger charge is -2.49. The molecule has 3 saturated heterocycles. The van der Waals surface area contributed by atoms with Crippen LogP contribution in [0.1, 0.15) is 137 Å². The quantitative estimate of drug-likeness (QED) is 0.0770. The highest BCUT2D eigenvalue weighted by Gasteiger charge is 2.53. The molecule has 1 saturated carbocycles. The summed E-state index contributed by atoms with van der Waals surface area (Å²) < 4.78 is 47.2. The standard InChI is InChI=1S/C57H92ClN5O16/c1-15-43-57(10,72)49(67)34(6)62(13)28-30(2)26-55(8,71)50(79-54-47(66)42(61(11)12)23-31(3)75-54)32(4)48(33(5)53(70)77-43)78-45-27-56(9,73-14)51(35(7)76-45)74-22-16-17-44(64)60-21-20-59-40-24-37-41(25-39(40)58)63(36-18-19-36)29-38(46(37)65)52(68)69/h24-25,29-36,42-43,45,47-51,54,59,66-67,71-72H,15-23,26-28H2,1-14H3,(H,60,64)(H,68,69)/t30-,31-,32+,33-,34-,35+,42+,43-,45?,47-,48+,49-,50-,51+,54+,55-,56-,57-/m1/s1. The second kappa shape index (κ2) is 26.8. The Kier molecular flexibility index (Phi) is 21.9. The third-order valence-electron chi connectivity index (χ3n) is 17.1. The van der Waals surface area contributed by atoms with Crippen molar-refractivity contribution < 1.29 is 73.1 Å². The van der Waals surface area contributed by atoms with E-state index in [1.54, 1.807) is 51.5 Å². The molecular formula is C57H92ClN5O16. The van der Waals surface area contributed by atoms with Gasteiger partial charge < -0.3 is 83.7 Å². The first-order valence-corrected chi connectivity index (χ1v) is 28.6. The summed E-state index contributed by atoms with van der Waals surface area (Å²) in [6.45, 7) is 18.9. The van der Waals surface area contributed by atoms with Gasteiger partial charge in [0.05, 0.1) is 57.8 Å². The van der Waals surface area contributed by atoms with Gasteiger partial charge in [-0.3, -0.25) is 14.4 Å². The van der Waals surface area contributed by atoms with E-state index in [1.165, 1.54) is 13.1 Å². The fourth-order valence-corrected chi connectivity index (χ4v) is 12.5. The van der Waals surface area contributed by atoms with Crippen LogP contribution < -0.4 is 16.1 Å². The highest BCUT2D eigenvalue weighted by molar-refractivity contribution is 6.34. The third kappa shape index (κ3) is 15.2. The van der Waals surface area contributed by atoms with Crippen LogP contribution in [0.5, 0.6) is 0 Å². The molecule has 1 aromatic heterocycles. The van der Waals surface area contributed by atoms with Crippen molar-refractivity contribution in [3.05, 3.63) is 39.1 Å². The Morgan fingerprint density at radius 3 is 2.27 bits per heavy atom. The largest absolute Gasteiger partial charge is 0.477 e. The average molecular weight is 1140 g/mol. The Labute approximate surface area is 470 Å². The van der Waals surface area contributed by atoms with Crippen LogP contribution in [0, 0.1) is 17.8 Å². The fourth-order valence-electron chi connectivity index (χ4n) is 12.3. The lowest BCUT2D eigenvalue weighted by atomic mass is 9.77. The predicted octanol–water partition coefficient (Wildman–Crippen LogP) is 4.93. The van der Waals surface area contributed by atoms with E-state index in [0.717, 1.165) is 12.8 Å². The summed E-state index contributed by atoms with van der Waals surface area (Å²) in [7, 11) is 7.14. The zero-order valence-electron chi connectivity index (χ0n) is 48.9. The maximum Gasteiger partial charge on any atom is 0.341 e. The number of likely N-dealkylation sites (N-methyl/N-ethyl adjacent to an activating group) is 2. The summed E-state index contributed by atoms with van der Waals surface area (Å²) in [5, 5.41) is 64.5. The van der Waals surface area contributed by atoms with Crippen LogP contribution in [0.3, 0.4) is 0 Å². The van der Waals surface area contributed by atoms with Crippen LogP contribution in [0.2, 0.25) is 5.02 Å². The fraction of sp³-hybridized carbons (Fsp3) is 0.789. The number of ether oxygens (including phenoxy) is 7. The van der Waals surface area contributed by atoms with Crippen LogP contribution in [0.25, 0.3) is 10.9 Å². The molecule has 79 heavy (non-hydrogen) atoms. The minimum absolute atomic E-state index is 0.111. The number of fused-ring (bicyclic) bond motifs is 1. The Hall–Kier alpha value is -3.55. The second-order valence-corrected chi connectivity index (χ2v) is 24.5. The highest BCUT2D eigenvalue weighted by atomic mass is 35.5. The van der Waals surface area contributed by atoms with Gasteiger partial charge in [0.1, 0.15) is 35.6 Å². The molecule has 7 N–H and O–H groups in total. The number of aliphatic hydroxyl groups excluding tert-OH is 2. The van der Waals surface area contributed by atoms with E-state index in [9.17, 15) is 44.7 Å². The number of carbonyl (C=O) groups is 3. The van der Waals surface area contributed by atoms with Crippen molar-refractivity contribution in [2.75, 3.05) is 59.8 Å². The highest BCUT2D eigenvalue weighted by Crippen LogP contribution is 2.42. The zero-order chi connectivity index (χ0) is 58.6. The number of aromatic nitrogens is 1. The number of aromatic carboxylic acids is 1. The number of pyridine rings is 1. The van der Waals surface area contributed by atoms with Crippen LogP contribution in [-0.4, -0.2) is 203 Å². The zero-order valence-corrected chi connectivity index (χ0v) is 49.7. The maximum absolute atomic E-state index is 14.6. The molecule has 1 amide bonds. The number of nitrogens with zero attached hydrogens (tertiary/aromatic N) is 3. The number of esters is 1. The van der Waals surface area contributed by atoms with E-state index < -0.39 is 107 Å². The van der Waals surface area contributed by atoms with Crippen LogP contribution in [0.4, 0.5) is 5.69 Å². The molecule has 6 rings (SSSR count). The molecule has 1 aliphatic carbocycles. The van der Waals surface area contributed by atoms with E-state index in [2.05, 4.69) is 10.6 Å². The van der Waals surface area contributed by atoms with Crippen molar-refractivity contribution in [2.45, 2.75) is 217 Å².